The van der Waals surface area contributed by atoms with Crippen LogP contribution in [0.25, 0.3) is 28.0 Å². The second-order valence-electron chi connectivity index (χ2n) is 7.91. The first-order valence-electron chi connectivity index (χ1n) is 11.1. The summed E-state index contributed by atoms with van der Waals surface area (Å²) in [5, 5.41) is 23.4. The van der Waals surface area contributed by atoms with Crippen molar-refractivity contribution in [1.82, 2.24) is 40.0 Å². The molecular formula is C24H24N8O. The van der Waals surface area contributed by atoms with Crippen LogP contribution in [-0.2, 0) is 13.0 Å². The average Bonchev–Trinajstić information content (AvgIpc) is 3.51. The van der Waals surface area contributed by atoms with Crippen molar-refractivity contribution in [2.75, 3.05) is 0 Å². The minimum atomic E-state index is -0.0933. The Hall–Kier alpha value is -4.14. The molecule has 9 heteroatoms. The fourth-order valence-electron chi connectivity index (χ4n) is 3.98. The maximum absolute atomic E-state index is 12.5. The van der Waals surface area contributed by atoms with E-state index in [2.05, 4.69) is 20.6 Å². The third-order valence-electron chi connectivity index (χ3n) is 5.63. The molecule has 0 radical (unpaired) electrons. The van der Waals surface area contributed by atoms with Crippen LogP contribution >= 0.6 is 0 Å². The highest BCUT2D eigenvalue weighted by molar-refractivity contribution is 5.90. The van der Waals surface area contributed by atoms with Gasteiger partial charge in [0, 0.05) is 30.8 Å². The zero-order valence-electron chi connectivity index (χ0n) is 18.1. The van der Waals surface area contributed by atoms with Crippen molar-refractivity contribution < 1.29 is 0 Å². The van der Waals surface area contributed by atoms with Crippen LogP contribution in [0.4, 0.5) is 0 Å². The number of aromatic amines is 1. The van der Waals surface area contributed by atoms with Crippen molar-refractivity contribution in [2.45, 2.75) is 38.6 Å². The molecule has 0 amide bonds. The normalized spacial score (nSPS) is 11.3. The van der Waals surface area contributed by atoms with Crippen molar-refractivity contribution in [1.29, 1.82) is 0 Å². The first-order chi connectivity index (χ1) is 16.3. The Morgan fingerprint density at radius 3 is 2.55 bits per heavy atom. The maximum Gasteiger partial charge on any atom is 0.266 e. The van der Waals surface area contributed by atoms with Crippen molar-refractivity contribution in [3.8, 4) is 22.5 Å². The van der Waals surface area contributed by atoms with Gasteiger partial charge in [0.15, 0.2) is 0 Å². The summed E-state index contributed by atoms with van der Waals surface area (Å²) in [6.45, 7) is 0.580. The second-order valence-corrected chi connectivity index (χ2v) is 7.91. The summed E-state index contributed by atoms with van der Waals surface area (Å²) in [5.41, 5.74) is 4.39. The number of benzene rings is 1. The molecule has 0 aliphatic heterocycles. The monoisotopic (exact) mass is 440 g/mol. The molecule has 4 heterocycles. The molecule has 0 bridgehead atoms. The van der Waals surface area contributed by atoms with E-state index < -0.39 is 0 Å². The molecule has 0 saturated heterocycles. The van der Waals surface area contributed by atoms with E-state index in [9.17, 15) is 4.79 Å². The molecule has 0 aliphatic carbocycles. The largest absolute Gasteiger partial charge is 0.268 e. The number of rotatable bonds is 9. The van der Waals surface area contributed by atoms with Crippen molar-refractivity contribution in [3.63, 3.8) is 0 Å². The van der Waals surface area contributed by atoms with Crippen molar-refractivity contribution in [2.24, 2.45) is 0 Å². The van der Waals surface area contributed by atoms with Gasteiger partial charge in [-0.3, -0.25) is 4.79 Å². The van der Waals surface area contributed by atoms with E-state index >= 15 is 0 Å². The number of hydrogen-bond donors (Lipinski definition) is 1. The molecule has 0 atom stereocenters. The van der Waals surface area contributed by atoms with Crippen LogP contribution in [0, 0.1) is 0 Å². The lowest BCUT2D eigenvalue weighted by Crippen LogP contribution is -2.22. The van der Waals surface area contributed by atoms with Gasteiger partial charge in [-0.15, -0.1) is 5.10 Å². The fraction of sp³-hybridized carbons (Fsp3) is 0.250. The molecular weight excluding hydrogens is 416 g/mol. The number of hydrogen-bond acceptors (Lipinski definition) is 6. The molecule has 0 spiro atoms. The molecule has 0 fully saturated rings. The number of tetrazole rings is 1. The zero-order chi connectivity index (χ0) is 22.5. The van der Waals surface area contributed by atoms with Crippen LogP contribution in [0.2, 0.25) is 0 Å². The molecule has 0 unspecified atom stereocenters. The van der Waals surface area contributed by atoms with Crippen LogP contribution < -0.4 is 5.56 Å². The van der Waals surface area contributed by atoms with Crippen LogP contribution in [0.5, 0.6) is 0 Å². The first-order valence-corrected chi connectivity index (χ1v) is 11.1. The van der Waals surface area contributed by atoms with Gasteiger partial charge in [-0.25, -0.2) is 14.3 Å². The van der Waals surface area contributed by atoms with Gasteiger partial charge in [0.05, 0.1) is 16.8 Å². The van der Waals surface area contributed by atoms with Gasteiger partial charge in [0.1, 0.15) is 11.5 Å². The zero-order valence-corrected chi connectivity index (χ0v) is 18.1. The van der Waals surface area contributed by atoms with E-state index in [4.69, 9.17) is 10.2 Å². The number of nitrogens with one attached hydrogen (secondary N) is 1. The third kappa shape index (κ3) is 4.57. The van der Waals surface area contributed by atoms with Gasteiger partial charge in [0.25, 0.3) is 5.56 Å². The third-order valence-corrected chi connectivity index (χ3v) is 5.63. The number of nitrogens with zero attached hydrogens (tertiary/aromatic N) is 7. The van der Waals surface area contributed by atoms with E-state index in [1.165, 1.54) is 0 Å². The van der Waals surface area contributed by atoms with Crippen LogP contribution in [0.15, 0.2) is 71.7 Å². The fourth-order valence-corrected chi connectivity index (χ4v) is 3.98. The topological polar surface area (TPSA) is 107 Å². The van der Waals surface area contributed by atoms with Crippen molar-refractivity contribution >= 4 is 5.52 Å². The molecule has 5 aromatic rings. The van der Waals surface area contributed by atoms with Gasteiger partial charge in [-0.2, -0.15) is 10.2 Å². The highest BCUT2D eigenvalue weighted by Crippen LogP contribution is 2.33. The summed E-state index contributed by atoms with van der Waals surface area (Å²) in [7, 11) is 0. The Morgan fingerprint density at radius 1 is 0.848 bits per heavy atom. The Bertz CT molecular complexity index is 1390. The molecule has 0 aliphatic rings. The van der Waals surface area contributed by atoms with E-state index in [0.29, 0.717) is 6.54 Å². The van der Waals surface area contributed by atoms with Gasteiger partial charge in [-0.05, 0) is 41.5 Å². The number of unbranched alkanes of at least 4 members (excludes halogenated alkanes) is 3. The lowest BCUT2D eigenvalue weighted by atomic mass is 10.0. The quantitative estimate of drug-likeness (QED) is 0.351. The lowest BCUT2D eigenvalue weighted by Gasteiger charge is -2.08. The first kappa shape index (κ1) is 20.7. The van der Waals surface area contributed by atoms with Gasteiger partial charge < -0.3 is 0 Å². The van der Waals surface area contributed by atoms with E-state index in [-0.39, 0.29) is 5.56 Å². The molecule has 9 nitrogen and oxygen atoms in total. The predicted molar refractivity (Wildman–Crippen MR) is 124 cm³/mol. The number of fused-ring (bicyclic) bond motifs is 1. The summed E-state index contributed by atoms with van der Waals surface area (Å²) in [6.07, 6.45) is 6.69. The minimum absolute atomic E-state index is 0.0933. The molecule has 1 N–H and O–H groups in total. The maximum atomic E-state index is 12.5. The Labute approximate surface area is 190 Å². The molecule has 0 saturated carbocycles. The highest BCUT2D eigenvalue weighted by Gasteiger charge is 2.18. The van der Waals surface area contributed by atoms with Gasteiger partial charge >= 0.3 is 0 Å². The Morgan fingerprint density at radius 2 is 1.70 bits per heavy atom. The van der Waals surface area contributed by atoms with E-state index in [1.807, 2.05) is 59.2 Å². The second kappa shape index (κ2) is 9.56. The molecule has 33 heavy (non-hydrogen) atoms. The summed E-state index contributed by atoms with van der Waals surface area (Å²) in [6, 6.07) is 19.4. The van der Waals surface area contributed by atoms with E-state index in [0.717, 1.165) is 66.0 Å². The molecule has 1 aromatic carbocycles. The van der Waals surface area contributed by atoms with Crippen LogP contribution in [-0.4, -0.2) is 40.0 Å². The van der Waals surface area contributed by atoms with Gasteiger partial charge in [-0.1, -0.05) is 49.2 Å². The highest BCUT2D eigenvalue weighted by atomic mass is 16.1. The lowest BCUT2D eigenvalue weighted by molar-refractivity contribution is 0.515. The summed E-state index contributed by atoms with van der Waals surface area (Å²) in [4.78, 5) is 12.5. The van der Waals surface area contributed by atoms with Gasteiger partial charge in [0.2, 0.25) is 0 Å². The number of H-pyrrole nitrogens is 1. The number of pyridine rings is 1. The average molecular weight is 441 g/mol. The molecule has 4 aromatic heterocycles. The summed E-state index contributed by atoms with van der Waals surface area (Å²) in [5.74, 6) is 0.809. The molecule has 5 rings (SSSR count). The minimum Gasteiger partial charge on any atom is -0.268 e. The van der Waals surface area contributed by atoms with E-state index in [1.54, 1.807) is 16.8 Å². The smallest absolute Gasteiger partial charge is 0.266 e. The Kier molecular flexibility index (Phi) is 6.01. The number of aromatic nitrogens is 8. The van der Waals surface area contributed by atoms with Crippen molar-refractivity contribution in [3.05, 3.63) is 83.0 Å². The SMILES string of the molecule is O=c1ccc(-c2c(-c3ccccc3)nn3ccccc23)nn1CCCCCCc1nnn[nH]1. The van der Waals surface area contributed by atoms with Crippen LogP contribution in [0.3, 0.4) is 0 Å². The standard InChI is InChI=1S/C24H24N8O/c33-22-15-14-19(27-32(22)17-8-2-1-6-13-21-25-29-30-26-21)23-20-12-7-9-16-31(20)28-24(23)18-10-4-3-5-11-18/h3-5,7,9-12,14-16H,1-2,6,8,13,17H2,(H,25,26,29,30). The summed E-state index contributed by atoms with van der Waals surface area (Å²) >= 11 is 0. The van der Waals surface area contributed by atoms with Crippen LogP contribution in [0.1, 0.15) is 31.5 Å². The molecule has 166 valence electrons. The predicted octanol–water partition coefficient (Wildman–Crippen LogP) is 3.54. The summed E-state index contributed by atoms with van der Waals surface area (Å²) < 4.78 is 3.43. The number of aryl methyl sites for hydroxylation is 2. The Balaban J connectivity index is 1.36.